The Hall–Kier alpha value is -0.0800. The molecule has 2 fully saturated rings. The molecule has 2 aliphatic rings. The van der Waals surface area contributed by atoms with E-state index in [1.165, 1.54) is 25.7 Å². The van der Waals surface area contributed by atoms with Crippen LogP contribution in [0.2, 0.25) is 0 Å². The van der Waals surface area contributed by atoms with E-state index in [0.29, 0.717) is 6.04 Å². The summed E-state index contributed by atoms with van der Waals surface area (Å²) in [5.74, 6) is 0.945. The molecule has 2 N–H and O–H groups in total. The molecule has 0 aromatic heterocycles. The molecule has 2 rings (SSSR count). The minimum atomic E-state index is 0.273. The summed E-state index contributed by atoms with van der Waals surface area (Å²) in [6.07, 6.45) is 5.26. The summed E-state index contributed by atoms with van der Waals surface area (Å²) in [4.78, 5) is 0. The Bertz CT molecular complexity index is 235. The Morgan fingerprint density at radius 3 is 1.88 bits per heavy atom. The van der Waals surface area contributed by atoms with Gasteiger partial charge in [0, 0.05) is 23.2 Å². The fraction of sp³-hybridized carbons (Fsp3) is 1.00. The quantitative estimate of drug-likeness (QED) is 0.753. The van der Waals surface area contributed by atoms with Gasteiger partial charge in [-0.05, 0) is 59.3 Å². The SMILES string of the molecule is CC1CC(NC2CC(C)(C)NC(C)(C)C2)C1. The molecule has 0 radical (unpaired) electrons. The molecule has 1 saturated heterocycles. The van der Waals surface area contributed by atoms with Crippen LogP contribution >= 0.6 is 0 Å². The summed E-state index contributed by atoms with van der Waals surface area (Å²) in [5, 5.41) is 7.60. The van der Waals surface area contributed by atoms with Gasteiger partial charge >= 0.3 is 0 Å². The molecule has 0 spiro atoms. The first-order valence-corrected chi connectivity index (χ1v) is 6.81. The number of nitrogens with one attached hydrogen (secondary N) is 2. The summed E-state index contributed by atoms with van der Waals surface area (Å²) < 4.78 is 0. The predicted octanol–water partition coefficient (Wildman–Crippen LogP) is 2.68. The highest BCUT2D eigenvalue weighted by Crippen LogP contribution is 2.32. The second-order valence-electron chi connectivity index (χ2n) is 7.44. The summed E-state index contributed by atoms with van der Waals surface area (Å²) in [6, 6.07) is 1.49. The average molecular weight is 224 g/mol. The van der Waals surface area contributed by atoms with Crippen LogP contribution in [0.1, 0.15) is 60.3 Å². The second kappa shape index (κ2) is 3.99. The monoisotopic (exact) mass is 224 g/mol. The van der Waals surface area contributed by atoms with Crippen molar-refractivity contribution in [2.24, 2.45) is 5.92 Å². The van der Waals surface area contributed by atoms with E-state index in [2.05, 4.69) is 45.3 Å². The van der Waals surface area contributed by atoms with Gasteiger partial charge in [-0.25, -0.2) is 0 Å². The Balaban J connectivity index is 1.89. The fourth-order valence-electron chi connectivity index (χ4n) is 3.81. The molecular formula is C14H28N2. The zero-order valence-corrected chi connectivity index (χ0v) is 11.6. The van der Waals surface area contributed by atoms with Crippen molar-refractivity contribution in [1.82, 2.24) is 10.6 Å². The third-order valence-electron chi connectivity index (χ3n) is 4.04. The fourth-order valence-corrected chi connectivity index (χ4v) is 3.81. The van der Waals surface area contributed by atoms with Gasteiger partial charge in [0.25, 0.3) is 0 Å². The molecule has 1 heterocycles. The molecule has 0 aromatic rings. The van der Waals surface area contributed by atoms with Crippen molar-refractivity contribution in [3.05, 3.63) is 0 Å². The summed E-state index contributed by atoms with van der Waals surface area (Å²) >= 11 is 0. The van der Waals surface area contributed by atoms with Crippen LogP contribution < -0.4 is 10.6 Å². The second-order valence-corrected chi connectivity index (χ2v) is 7.44. The van der Waals surface area contributed by atoms with Crippen LogP contribution in [-0.4, -0.2) is 23.2 Å². The van der Waals surface area contributed by atoms with Gasteiger partial charge in [-0.3, -0.25) is 0 Å². The molecule has 1 aliphatic heterocycles. The summed E-state index contributed by atoms with van der Waals surface area (Å²) in [7, 11) is 0. The molecule has 0 amide bonds. The van der Waals surface area contributed by atoms with Gasteiger partial charge in [-0.1, -0.05) is 6.92 Å². The van der Waals surface area contributed by atoms with Gasteiger partial charge in [0.15, 0.2) is 0 Å². The molecule has 0 atom stereocenters. The van der Waals surface area contributed by atoms with Crippen LogP contribution in [0, 0.1) is 5.92 Å². The molecule has 0 aromatic carbocycles. The van der Waals surface area contributed by atoms with Crippen molar-refractivity contribution in [3.63, 3.8) is 0 Å². The van der Waals surface area contributed by atoms with Crippen molar-refractivity contribution in [2.45, 2.75) is 83.5 Å². The van der Waals surface area contributed by atoms with Gasteiger partial charge in [0.05, 0.1) is 0 Å². The van der Waals surface area contributed by atoms with Gasteiger partial charge in [0.1, 0.15) is 0 Å². The number of hydrogen-bond donors (Lipinski definition) is 2. The topological polar surface area (TPSA) is 24.1 Å². The van der Waals surface area contributed by atoms with Crippen molar-refractivity contribution >= 4 is 0 Å². The van der Waals surface area contributed by atoms with E-state index < -0.39 is 0 Å². The average Bonchev–Trinajstić information content (AvgIpc) is 1.94. The highest BCUT2D eigenvalue weighted by molar-refractivity contribution is 5.01. The lowest BCUT2D eigenvalue weighted by atomic mass is 9.77. The highest BCUT2D eigenvalue weighted by atomic mass is 15.1. The van der Waals surface area contributed by atoms with E-state index in [1.807, 2.05) is 0 Å². The van der Waals surface area contributed by atoms with E-state index in [-0.39, 0.29) is 11.1 Å². The van der Waals surface area contributed by atoms with Crippen LogP contribution in [0.25, 0.3) is 0 Å². The minimum Gasteiger partial charge on any atom is -0.311 e. The molecule has 2 nitrogen and oxygen atoms in total. The predicted molar refractivity (Wildman–Crippen MR) is 69.6 cm³/mol. The lowest BCUT2D eigenvalue weighted by Gasteiger charge is -2.49. The Labute approximate surface area is 101 Å². The van der Waals surface area contributed by atoms with E-state index in [9.17, 15) is 0 Å². The molecule has 0 unspecified atom stereocenters. The van der Waals surface area contributed by atoms with Gasteiger partial charge in [-0.15, -0.1) is 0 Å². The minimum absolute atomic E-state index is 0.273. The first-order chi connectivity index (χ1) is 7.26. The molecule has 1 aliphatic carbocycles. The van der Waals surface area contributed by atoms with Crippen molar-refractivity contribution in [2.75, 3.05) is 0 Å². The lowest BCUT2D eigenvalue weighted by molar-refractivity contribution is 0.119. The van der Waals surface area contributed by atoms with Gasteiger partial charge < -0.3 is 10.6 Å². The van der Waals surface area contributed by atoms with E-state index in [1.54, 1.807) is 0 Å². The Morgan fingerprint density at radius 1 is 0.938 bits per heavy atom. The first kappa shape index (κ1) is 12.4. The van der Waals surface area contributed by atoms with Crippen LogP contribution in [0.5, 0.6) is 0 Å². The Morgan fingerprint density at radius 2 is 1.44 bits per heavy atom. The smallest absolute Gasteiger partial charge is 0.0144 e. The van der Waals surface area contributed by atoms with Crippen LogP contribution in [-0.2, 0) is 0 Å². The maximum atomic E-state index is 3.86. The maximum absolute atomic E-state index is 3.86. The first-order valence-electron chi connectivity index (χ1n) is 6.81. The van der Waals surface area contributed by atoms with Gasteiger partial charge in [-0.2, -0.15) is 0 Å². The largest absolute Gasteiger partial charge is 0.311 e. The van der Waals surface area contributed by atoms with E-state index in [0.717, 1.165) is 12.0 Å². The van der Waals surface area contributed by atoms with E-state index in [4.69, 9.17) is 0 Å². The molecular weight excluding hydrogens is 196 g/mol. The third kappa shape index (κ3) is 2.98. The zero-order valence-electron chi connectivity index (χ0n) is 11.6. The Kier molecular flexibility index (Phi) is 3.09. The molecule has 2 heteroatoms. The number of hydrogen-bond acceptors (Lipinski definition) is 2. The standard InChI is InChI=1S/C14H28N2/c1-10-6-11(7-10)15-12-8-13(2,3)16-14(4,5)9-12/h10-12,15-16H,6-9H2,1-5H3. The van der Waals surface area contributed by atoms with E-state index >= 15 is 0 Å². The molecule has 0 bridgehead atoms. The van der Waals surface area contributed by atoms with Crippen molar-refractivity contribution in [3.8, 4) is 0 Å². The third-order valence-corrected chi connectivity index (χ3v) is 4.04. The summed E-state index contributed by atoms with van der Waals surface area (Å²) in [5.41, 5.74) is 0.545. The maximum Gasteiger partial charge on any atom is 0.0144 e. The van der Waals surface area contributed by atoms with Gasteiger partial charge in [0.2, 0.25) is 0 Å². The zero-order chi connectivity index (χ0) is 12.0. The van der Waals surface area contributed by atoms with Crippen LogP contribution in [0.3, 0.4) is 0 Å². The van der Waals surface area contributed by atoms with Crippen molar-refractivity contribution < 1.29 is 0 Å². The normalized spacial score (nSPS) is 38.1. The van der Waals surface area contributed by atoms with Crippen molar-refractivity contribution in [1.29, 1.82) is 0 Å². The summed E-state index contributed by atoms with van der Waals surface area (Å²) in [6.45, 7) is 11.7. The molecule has 1 saturated carbocycles. The molecule has 94 valence electrons. The molecule has 16 heavy (non-hydrogen) atoms. The lowest BCUT2D eigenvalue weighted by Crippen LogP contribution is -2.63. The number of piperidine rings is 1. The number of rotatable bonds is 2. The van der Waals surface area contributed by atoms with Crippen LogP contribution in [0.4, 0.5) is 0 Å². The highest BCUT2D eigenvalue weighted by Gasteiger charge is 2.39. The van der Waals surface area contributed by atoms with Crippen LogP contribution in [0.15, 0.2) is 0 Å².